The molecule has 0 unspecified atom stereocenters. The van der Waals surface area contributed by atoms with Gasteiger partial charge in [-0.2, -0.15) is 0 Å². The van der Waals surface area contributed by atoms with Crippen LogP contribution in [0.3, 0.4) is 0 Å². The van der Waals surface area contributed by atoms with Crippen molar-refractivity contribution in [3.05, 3.63) is 58.1 Å². The van der Waals surface area contributed by atoms with Crippen LogP contribution < -0.4 is 5.32 Å². The largest absolute Gasteiger partial charge is 0.444 e. The van der Waals surface area contributed by atoms with Gasteiger partial charge in [-0.25, -0.2) is 9.78 Å². The average Bonchev–Trinajstić information content (AvgIpc) is 3.11. The normalized spacial score (nSPS) is 16.8. The van der Waals surface area contributed by atoms with Crippen LogP contribution in [0.15, 0.2) is 42.5 Å². The first kappa shape index (κ1) is 23.7. The van der Waals surface area contributed by atoms with Crippen molar-refractivity contribution in [2.45, 2.75) is 45.8 Å². The Kier molecular flexibility index (Phi) is 7.05. The maximum Gasteiger partial charge on any atom is 0.410 e. The summed E-state index contributed by atoms with van der Waals surface area (Å²) < 4.78 is 7.67. The van der Waals surface area contributed by atoms with E-state index < -0.39 is 5.60 Å². The molecule has 3 aromatic rings. The number of aromatic nitrogens is 2. The first-order valence-electron chi connectivity index (χ1n) is 11.3. The van der Waals surface area contributed by atoms with Crippen molar-refractivity contribution < 1.29 is 9.53 Å². The Morgan fingerprint density at radius 3 is 2.61 bits per heavy atom. The molecule has 1 fully saturated rings. The van der Waals surface area contributed by atoms with Crippen molar-refractivity contribution in [3.8, 4) is 0 Å². The number of fused-ring (bicyclic) bond motifs is 1. The van der Waals surface area contributed by atoms with Gasteiger partial charge in [0.1, 0.15) is 5.60 Å². The molecule has 1 aliphatic heterocycles. The highest BCUT2D eigenvalue weighted by atomic mass is 35.5. The Labute approximate surface area is 204 Å². The molecule has 1 amide bonds. The van der Waals surface area contributed by atoms with Gasteiger partial charge in [0.05, 0.1) is 17.6 Å². The van der Waals surface area contributed by atoms with Crippen LogP contribution >= 0.6 is 23.2 Å². The molecule has 0 bridgehead atoms. The van der Waals surface area contributed by atoms with Crippen LogP contribution in [-0.4, -0.2) is 45.8 Å². The summed E-state index contributed by atoms with van der Waals surface area (Å²) in [6.45, 7) is 8.29. The Bertz CT molecular complexity index is 1120. The van der Waals surface area contributed by atoms with Gasteiger partial charge in [-0.3, -0.25) is 0 Å². The molecule has 176 valence electrons. The number of carbonyl (C=O) groups excluding carboxylic acids is 1. The van der Waals surface area contributed by atoms with Gasteiger partial charge in [-0.15, -0.1) is 0 Å². The van der Waals surface area contributed by atoms with Crippen LogP contribution in [0.4, 0.5) is 10.7 Å². The van der Waals surface area contributed by atoms with E-state index in [1.54, 1.807) is 0 Å². The van der Waals surface area contributed by atoms with Crippen molar-refractivity contribution in [2.24, 2.45) is 5.92 Å². The smallest absolute Gasteiger partial charge is 0.410 e. The molecule has 0 spiro atoms. The van der Waals surface area contributed by atoms with Crippen LogP contribution in [0.2, 0.25) is 10.0 Å². The van der Waals surface area contributed by atoms with Gasteiger partial charge in [0.2, 0.25) is 5.95 Å². The number of amides is 1. The first-order chi connectivity index (χ1) is 15.7. The fourth-order valence-electron chi connectivity index (χ4n) is 4.17. The topological polar surface area (TPSA) is 59.4 Å². The number of benzene rings is 2. The third kappa shape index (κ3) is 5.74. The van der Waals surface area contributed by atoms with Crippen molar-refractivity contribution in [2.75, 3.05) is 25.0 Å². The van der Waals surface area contributed by atoms with E-state index in [4.69, 9.17) is 32.9 Å². The summed E-state index contributed by atoms with van der Waals surface area (Å²) in [5.74, 6) is 1.07. The van der Waals surface area contributed by atoms with Crippen molar-refractivity contribution in [3.63, 3.8) is 0 Å². The second-order valence-electron chi connectivity index (χ2n) is 9.53. The van der Waals surface area contributed by atoms with E-state index in [1.807, 2.05) is 68.1 Å². The fraction of sp³-hybridized carbons (Fsp3) is 0.440. The molecule has 1 aliphatic rings. The summed E-state index contributed by atoms with van der Waals surface area (Å²) in [5.41, 5.74) is 2.28. The molecule has 1 saturated heterocycles. The Morgan fingerprint density at radius 1 is 1.15 bits per heavy atom. The number of nitrogens with zero attached hydrogens (tertiary/aromatic N) is 3. The summed E-state index contributed by atoms with van der Waals surface area (Å²) in [7, 11) is 0. The van der Waals surface area contributed by atoms with E-state index in [1.165, 1.54) is 0 Å². The fourth-order valence-corrected chi connectivity index (χ4v) is 4.69. The number of rotatable bonds is 5. The SMILES string of the molecule is CC(C)(C)OC(=O)N1CCC[C@H](CNc2nc3ccccc3n2Cc2c(Cl)cccc2Cl)C1. The standard InChI is InChI=1S/C25H30Cl2N4O2/c1-25(2,3)33-24(32)30-13-7-8-17(15-30)14-28-23-29-21-11-4-5-12-22(21)31(23)16-18-19(26)9-6-10-20(18)27/h4-6,9-12,17H,7-8,13-16H2,1-3H3,(H,28,29)/t17-/m1/s1. The lowest BCUT2D eigenvalue weighted by Gasteiger charge is -2.34. The number of ether oxygens (including phenoxy) is 1. The number of anilines is 1. The first-order valence-corrected chi connectivity index (χ1v) is 12.1. The minimum absolute atomic E-state index is 0.243. The molecule has 4 rings (SSSR count). The number of likely N-dealkylation sites (tertiary alicyclic amines) is 1. The van der Waals surface area contributed by atoms with Crippen LogP contribution in [0.1, 0.15) is 39.2 Å². The number of para-hydroxylation sites is 2. The van der Waals surface area contributed by atoms with Gasteiger partial charge in [0.15, 0.2) is 0 Å². The molecule has 6 nitrogen and oxygen atoms in total. The predicted molar refractivity (Wildman–Crippen MR) is 134 cm³/mol. The number of hydrogen-bond donors (Lipinski definition) is 1. The van der Waals surface area contributed by atoms with Gasteiger partial charge < -0.3 is 19.5 Å². The Balaban J connectivity index is 1.51. The average molecular weight is 489 g/mol. The Hall–Kier alpha value is -2.44. The zero-order valence-corrected chi connectivity index (χ0v) is 20.8. The molecular weight excluding hydrogens is 459 g/mol. The summed E-state index contributed by atoms with van der Waals surface area (Å²) in [6.07, 6.45) is 1.76. The zero-order chi connectivity index (χ0) is 23.6. The number of piperidine rings is 1. The highest BCUT2D eigenvalue weighted by Gasteiger charge is 2.28. The van der Waals surface area contributed by atoms with Gasteiger partial charge in [0, 0.05) is 35.2 Å². The van der Waals surface area contributed by atoms with E-state index in [2.05, 4.69) is 9.88 Å². The quantitative estimate of drug-likeness (QED) is 0.448. The van der Waals surface area contributed by atoms with Crippen LogP contribution in [0.25, 0.3) is 11.0 Å². The number of halogens is 2. The number of carbonyl (C=O) groups is 1. The second-order valence-corrected chi connectivity index (χ2v) is 10.3. The summed E-state index contributed by atoms with van der Waals surface area (Å²) in [5, 5.41) is 4.79. The highest BCUT2D eigenvalue weighted by molar-refractivity contribution is 6.36. The van der Waals surface area contributed by atoms with E-state index in [0.29, 0.717) is 35.6 Å². The second kappa shape index (κ2) is 9.82. The monoisotopic (exact) mass is 488 g/mol. The molecule has 2 heterocycles. The Morgan fingerprint density at radius 2 is 1.88 bits per heavy atom. The molecule has 1 N–H and O–H groups in total. The summed E-state index contributed by atoms with van der Waals surface area (Å²) in [4.78, 5) is 19.1. The molecule has 33 heavy (non-hydrogen) atoms. The van der Waals surface area contributed by atoms with Crippen molar-refractivity contribution >= 4 is 46.3 Å². The van der Waals surface area contributed by atoms with E-state index in [-0.39, 0.29) is 6.09 Å². The van der Waals surface area contributed by atoms with Crippen molar-refractivity contribution in [1.29, 1.82) is 0 Å². The van der Waals surface area contributed by atoms with Gasteiger partial charge in [0.25, 0.3) is 0 Å². The lowest BCUT2D eigenvalue weighted by atomic mass is 9.98. The zero-order valence-electron chi connectivity index (χ0n) is 19.3. The van der Waals surface area contributed by atoms with Crippen LogP contribution in [0.5, 0.6) is 0 Å². The van der Waals surface area contributed by atoms with Crippen LogP contribution in [0, 0.1) is 5.92 Å². The molecule has 0 saturated carbocycles. The molecule has 2 aromatic carbocycles. The highest BCUT2D eigenvalue weighted by Crippen LogP contribution is 2.29. The van der Waals surface area contributed by atoms with E-state index in [9.17, 15) is 4.79 Å². The molecule has 8 heteroatoms. The van der Waals surface area contributed by atoms with E-state index >= 15 is 0 Å². The third-order valence-corrected chi connectivity index (χ3v) is 6.46. The number of nitrogens with one attached hydrogen (secondary N) is 1. The number of hydrogen-bond acceptors (Lipinski definition) is 4. The molecular formula is C25H30Cl2N4O2. The maximum absolute atomic E-state index is 12.5. The minimum atomic E-state index is -0.493. The summed E-state index contributed by atoms with van der Waals surface area (Å²) >= 11 is 12.9. The maximum atomic E-state index is 12.5. The van der Waals surface area contributed by atoms with Crippen LogP contribution in [-0.2, 0) is 11.3 Å². The lowest BCUT2D eigenvalue weighted by molar-refractivity contribution is 0.0172. The predicted octanol–water partition coefficient (Wildman–Crippen LogP) is 6.45. The number of imidazole rings is 1. The molecule has 0 radical (unpaired) electrons. The summed E-state index contributed by atoms with van der Waals surface area (Å²) in [6, 6.07) is 13.6. The molecule has 1 atom stereocenters. The van der Waals surface area contributed by atoms with Gasteiger partial charge in [-0.05, 0) is 63.8 Å². The minimum Gasteiger partial charge on any atom is -0.444 e. The molecule has 1 aromatic heterocycles. The van der Waals surface area contributed by atoms with Gasteiger partial charge in [-0.1, -0.05) is 41.4 Å². The van der Waals surface area contributed by atoms with Gasteiger partial charge >= 0.3 is 6.09 Å². The lowest BCUT2D eigenvalue weighted by Crippen LogP contribution is -2.44. The van der Waals surface area contributed by atoms with E-state index in [0.717, 1.165) is 41.9 Å². The third-order valence-electron chi connectivity index (χ3n) is 5.75. The van der Waals surface area contributed by atoms with Crippen molar-refractivity contribution in [1.82, 2.24) is 14.5 Å². The molecule has 0 aliphatic carbocycles.